The number of nitrogens with one attached hydrogen (secondary N) is 1. The lowest BCUT2D eigenvalue weighted by atomic mass is 9.95. The number of H-pyrrole nitrogens is 1. The van der Waals surface area contributed by atoms with E-state index in [1.807, 2.05) is 11.9 Å². The van der Waals surface area contributed by atoms with Gasteiger partial charge in [-0.15, -0.1) is 0 Å². The fourth-order valence-corrected chi connectivity index (χ4v) is 2.93. The highest BCUT2D eigenvalue weighted by atomic mass is 16.2. The first-order valence-corrected chi connectivity index (χ1v) is 7.67. The van der Waals surface area contributed by atoms with E-state index in [9.17, 15) is 9.59 Å². The summed E-state index contributed by atoms with van der Waals surface area (Å²) in [7, 11) is 1.81. The smallest absolute Gasteiger partial charge is 0.225 e. The third-order valence-corrected chi connectivity index (χ3v) is 4.40. The number of carbonyl (C=O) groups is 2. The van der Waals surface area contributed by atoms with Crippen LogP contribution in [0, 0.1) is 11.8 Å². The van der Waals surface area contributed by atoms with Crippen molar-refractivity contribution in [3.8, 4) is 0 Å². The average molecular weight is 290 g/mol. The lowest BCUT2D eigenvalue weighted by molar-refractivity contribution is -0.140. The quantitative estimate of drug-likeness (QED) is 0.900. The van der Waals surface area contributed by atoms with E-state index in [1.54, 1.807) is 17.3 Å². The van der Waals surface area contributed by atoms with Gasteiger partial charge in [0.1, 0.15) is 5.82 Å². The van der Waals surface area contributed by atoms with Crippen LogP contribution < -0.4 is 0 Å². The van der Waals surface area contributed by atoms with E-state index in [0.717, 1.165) is 44.6 Å². The van der Waals surface area contributed by atoms with Gasteiger partial charge in [-0.25, -0.2) is 4.98 Å². The van der Waals surface area contributed by atoms with Crippen LogP contribution in [0.1, 0.15) is 31.5 Å². The van der Waals surface area contributed by atoms with Crippen molar-refractivity contribution in [3.63, 3.8) is 0 Å². The third-order valence-electron chi connectivity index (χ3n) is 4.40. The SMILES string of the molecule is CN(Cc1ncc[nH]1)C(=O)C1CCN(C(=O)C2CC2)CC1. The summed E-state index contributed by atoms with van der Waals surface area (Å²) in [4.78, 5) is 35.2. The molecule has 1 aliphatic heterocycles. The Balaban J connectivity index is 1.49. The highest BCUT2D eigenvalue weighted by Gasteiger charge is 2.36. The molecule has 0 bridgehead atoms. The molecule has 2 heterocycles. The Morgan fingerprint density at radius 2 is 2.00 bits per heavy atom. The van der Waals surface area contributed by atoms with Crippen molar-refractivity contribution in [3.05, 3.63) is 18.2 Å². The molecule has 1 N–H and O–H groups in total. The van der Waals surface area contributed by atoms with Crippen LogP contribution in [0.2, 0.25) is 0 Å². The van der Waals surface area contributed by atoms with Gasteiger partial charge in [-0.05, 0) is 25.7 Å². The van der Waals surface area contributed by atoms with E-state index < -0.39 is 0 Å². The normalized spacial score (nSPS) is 19.6. The number of likely N-dealkylation sites (tertiary alicyclic amines) is 1. The van der Waals surface area contributed by atoms with Crippen molar-refractivity contribution >= 4 is 11.8 Å². The van der Waals surface area contributed by atoms with E-state index in [1.165, 1.54) is 0 Å². The Morgan fingerprint density at radius 1 is 1.29 bits per heavy atom. The van der Waals surface area contributed by atoms with Crippen LogP contribution in [-0.2, 0) is 16.1 Å². The summed E-state index contributed by atoms with van der Waals surface area (Å²) in [6.07, 6.45) is 7.10. The van der Waals surface area contributed by atoms with Gasteiger partial charge < -0.3 is 14.8 Å². The molecule has 1 aromatic heterocycles. The number of hydrogen-bond acceptors (Lipinski definition) is 3. The van der Waals surface area contributed by atoms with Crippen LogP contribution in [-0.4, -0.2) is 51.7 Å². The molecule has 6 heteroatoms. The molecule has 1 aliphatic carbocycles. The molecule has 114 valence electrons. The summed E-state index contributed by atoms with van der Waals surface area (Å²) >= 11 is 0. The topological polar surface area (TPSA) is 69.3 Å². The number of aromatic nitrogens is 2. The van der Waals surface area contributed by atoms with Gasteiger partial charge in [0.25, 0.3) is 0 Å². The predicted molar refractivity (Wildman–Crippen MR) is 77.1 cm³/mol. The maximum Gasteiger partial charge on any atom is 0.225 e. The van der Waals surface area contributed by atoms with Crippen molar-refractivity contribution in [1.29, 1.82) is 0 Å². The summed E-state index contributed by atoms with van der Waals surface area (Å²) in [5.74, 6) is 1.56. The van der Waals surface area contributed by atoms with Gasteiger partial charge in [0.05, 0.1) is 6.54 Å². The van der Waals surface area contributed by atoms with Crippen LogP contribution in [0.25, 0.3) is 0 Å². The zero-order chi connectivity index (χ0) is 14.8. The predicted octanol–water partition coefficient (Wildman–Crippen LogP) is 1.02. The van der Waals surface area contributed by atoms with Crippen LogP contribution >= 0.6 is 0 Å². The van der Waals surface area contributed by atoms with Gasteiger partial charge in [0, 0.05) is 44.4 Å². The van der Waals surface area contributed by atoms with Crippen LogP contribution in [0.4, 0.5) is 0 Å². The molecular weight excluding hydrogens is 268 g/mol. The van der Waals surface area contributed by atoms with E-state index in [4.69, 9.17) is 0 Å². The molecule has 2 fully saturated rings. The molecule has 0 atom stereocenters. The van der Waals surface area contributed by atoms with Crippen LogP contribution in [0.15, 0.2) is 12.4 Å². The highest BCUT2D eigenvalue weighted by molar-refractivity contribution is 5.82. The largest absolute Gasteiger partial charge is 0.347 e. The third kappa shape index (κ3) is 3.25. The Hall–Kier alpha value is -1.85. The number of hydrogen-bond donors (Lipinski definition) is 1. The van der Waals surface area contributed by atoms with Gasteiger partial charge in [0.15, 0.2) is 0 Å². The van der Waals surface area contributed by atoms with E-state index in [-0.39, 0.29) is 17.7 Å². The Bertz CT molecular complexity index is 502. The van der Waals surface area contributed by atoms with E-state index in [0.29, 0.717) is 12.5 Å². The molecular formula is C15H22N4O2. The number of imidazole rings is 1. The lowest BCUT2D eigenvalue weighted by Crippen LogP contribution is -2.43. The molecule has 0 aromatic carbocycles. The Kier molecular flexibility index (Phi) is 3.94. The number of piperidine rings is 1. The lowest BCUT2D eigenvalue weighted by Gasteiger charge is -2.33. The van der Waals surface area contributed by atoms with E-state index >= 15 is 0 Å². The second kappa shape index (κ2) is 5.87. The zero-order valence-corrected chi connectivity index (χ0v) is 12.4. The van der Waals surface area contributed by atoms with Crippen LogP contribution in [0.3, 0.4) is 0 Å². The molecule has 3 rings (SSSR count). The Morgan fingerprint density at radius 3 is 2.57 bits per heavy atom. The molecule has 0 spiro atoms. The molecule has 1 saturated heterocycles. The van der Waals surface area contributed by atoms with Gasteiger partial charge >= 0.3 is 0 Å². The molecule has 0 radical (unpaired) electrons. The van der Waals surface area contributed by atoms with Crippen molar-refractivity contribution in [2.24, 2.45) is 11.8 Å². The highest BCUT2D eigenvalue weighted by Crippen LogP contribution is 2.32. The molecule has 2 aliphatic rings. The summed E-state index contributed by atoms with van der Waals surface area (Å²) in [5.41, 5.74) is 0. The first-order valence-electron chi connectivity index (χ1n) is 7.67. The molecule has 1 aromatic rings. The fraction of sp³-hybridized carbons (Fsp3) is 0.667. The van der Waals surface area contributed by atoms with Crippen molar-refractivity contribution in [2.75, 3.05) is 20.1 Å². The summed E-state index contributed by atoms with van der Waals surface area (Å²) in [5, 5.41) is 0. The second-order valence-electron chi connectivity index (χ2n) is 6.10. The van der Waals surface area contributed by atoms with Crippen molar-refractivity contribution < 1.29 is 9.59 Å². The fourth-order valence-electron chi connectivity index (χ4n) is 2.93. The summed E-state index contributed by atoms with van der Waals surface area (Å²) < 4.78 is 0. The minimum absolute atomic E-state index is 0.0354. The maximum absolute atomic E-state index is 12.4. The number of carbonyl (C=O) groups excluding carboxylic acids is 2. The zero-order valence-electron chi connectivity index (χ0n) is 12.4. The maximum atomic E-state index is 12.4. The molecule has 1 saturated carbocycles. The first-order chi connectivity index (χ1) is 10.1. The molecule has 6 nitrogen and oxygen atoms in total. The second-order valence-corrected chi connectivity index (χ2v) is 6.10. The molecule has 0 unspecified atom stereocenters. The number of nitrogens with zero attached hydrogens (tertiary/aromatic N) is 3. The minimum Gasteiger partial charge on any atom is -0.347 e. The van der Waals surface area contributed by atoms with Gasteiger partial charge in [0.2, 0.25) is 11.8 Å². The standard InChI is InChI=1S/C15H22N4O2/c1-18(10-13-16-6-7-17-13)14(20)12-4-8-19(9-5-12)15(21)11-2-3-11/h6-7,11-12H,2-5,8-10H2,1H3,(H,16,17). The average Bonchev–Trinajstić information content (AvgIpc) is 3.24. The van der Waals surface area contributed by atoms with Crippen molar-refractivity contribution in [1.82, 2.24) is 19.8 Å². The minimum atomic E-state index is 0.0354. The first kappa shape index (κ1) is 14.1. The van der Waals surface area contributed by atoms with Crippen LogP contribution in [0.5, 0.6) is 0 Å². The Labute approximate surface area is 124 Å². The van der Waals surface area contributed by atoms with Gasteiger partial charge in [-0.2, -0.15) is 0 Å². The number of rotatable bonds is 4. The number of amides is 2. The van der Waals surface area contributed by atoms with Crippen molar-refractivity contribution in [2.45, 2.75) is 32.2 Å². The summed E-state index contributed by atoms with van der Waals surface area (Å²) in [6.45, 7) is 1.95. The van der Waals surface area contributed by atoms with Gasteiger partial charge in [-0.1, -0.05) is 0 Å². The van der Waals surface area contributed by atoms with Gasteiger partial charge in [-0.3, -0.25) is 9.59 Å². The molecule has 2 amide bonds. The number of aromatic amines is 1. The summed E-state index contributed by atoms with van der Waals surface area (Å²) in [6, 6.07) is 0. The monoisotopic (exact) mass is 290 g/mol. The molecule has 21 heavy (non-hydrogen) atoms. The van der Waals surface area contributed by atoms with E-state index in [2.05, 4.69) is 9.97 Å².